The minimum absolute atomic E-state index is 0.0896. The summed E-state index contributed by atoms with van der Waals surface area (Å²) in [7, 11) is 0. The maximum atomic E-state index is 6.31. The molecule has 0 aliphatic carbocycles. The van der Waals surface area contributed by atoms with Gasteiger partial charge in [0.05, 0.1) is 13.2 Å². The van der Waals surface area contributed by atoms with E-state index in [9.17, 15) is 0 Å². The van der Waals surface area contributed by atoms with Gasteiger partial charge in [0.2, 0.25) is 12.6 Å². The van der Waals surface area contributed by atoms with Crippen molar-refractivity contribution in [2.75, 3.05) is 13.2 Å². The summed E-state index contributed by atoms with van der Waals surface area (Å²) in [6.45, 7) is 10.5. The van der Waals surface area contributed by atoms with E-state index in [2.05, 4.69) is 52.0 Å². The number of ether oxygens (including phenoxy) is 5. The Morgan fingerprint density at radius 1 is 0.561 bits per heavy atom. The van der Waals surface area contributed by atoms with E-state index in [-0.39, 0.29) is 12.2 Å². The van der Waals surface area contributed by atoms with Crippen LogP contribution >= 0.6 is 0 Å². The van der Waals surface area contributed by atoms with Crippen molar-refractivity contribution in [2.45, 2.75) is 130 Å². The average Bonchev–Trinajstić information content (AvgIpc) is 3.87. The number of epoxide rings is 2. The van der Waals surface area contributed by atoms with Crippen molar-refractivity contribution in [3.8, 4) is 11.5 Å². The molecule has 4 atom stereocenters. The standard InChI is InChI=1S/C36H54O5/c1-27(2)13-9-5-7-11-15-29-17-21-31(22-18-29)39-35(33-25-37-33)41-36(34-26-38-34)40-32-23-19-30(20-24-32)16-12-8-6-10-14-28(3)4/h17-24,27-28,33-36H,5-16,25-26H2,1-4H3. The first-order chi connectivity index (χ1) is 20.0. The molecule has 0 spiro atoms. The minimum atomic E-state index is -0.536. The van der Waals surface area contributed by atoms with E-state index in [0.717, 1.165) is 36.2 Å². The van der Waals surface area contributed by atoms with Crippen LogP contribution in [0.25, 0.3) is 0 Å². The van der Waals surface area contributed by atoms with Crippen LogP contribution in [0.3, 0.4) is 0 Å². The molecule has 2 heterocycles. The van der Waals surface area contributed by atoms with E-state index >= 15 is 0 Å². The first kappa shape index (κ1) is 31.8. The van der Waals surface area contributed by atoms with Crippen molar-refractivity contribution in [3.05, 3.63) is 59.7 Å². The van der Waals surface area contributed by atoms with Gasteiger partial charge in [-0.25, -0.2) is 0 Å². The molecule has 5 nitrogen and oxygen atoms in total. The molecule has 4 unspecified atom stereocenters. The highest BCUT2D eigenvalue weighted by Gasteiger charge is 2.43. The number of hydrogen-bond acceptors (Lipinski definition) is 5. The SMILES string of the molecule is CC(C)CCCCCCc1ccc(OC(OC(Oc2ccc(CCCCCCC(C)C)cc2)C2CO2)C2CO2)cc1. The third-order valence-corrected chi connectivity index (χ3v) is 7.94. The van der Waals surface area contributed by atoms with E-state index in [0.29, 0.717) is 13.2 Å². The van der Waals surface area contributed by atoms with Crippen molar-refractivity contribution in [1.29, 1.82) is 0 Å². The number of unbranched alkanes of at least 4 members (excludes halogenated alkanes) is 6. The van der Waals surface area contributed by atoms with Crippen LogP contribution in [0.1, 0.15) is 103 Å². The molecule has 2 fully saturated rings. The van der Waals surface area contributed by atoms with Crippen molar-refractivity contribution >= 4 is 0 Å². The third kappa shape index (κ3) is 12.8. The van der Waals surface area contributed by atoms with Crippen LogP contribution in [0, 0.1) is 11.8 Å². The Morgan fingerprint density at radius 3 is 1.27 bits per heavy atom. The van der Waals surface area contributed by atoms with Crippen molar-refractivity contribution < 1.29 is 23.7 Å². The highest BCUT2D eigenvalue weighted by molar-refractivity contribution is 5.28. The van der Waals surface area contributed by atoms with Gasteiger partial charge in [0.25, 0.3) is 0 Å². The Hall–Kier alpha value is -2.08. The largest absolute Gasteiger partial charge is 0.462 e. The molecule has 2 aromatic carbocycles. The van der Waals surface area contributed by atoms with Gasteiger partial charge in [-0.3, -0.25) is 4.74 Å². The second-order valence-corrected chi connectivity index (χ2v) is 12.8. The molecule has 5 heteroatoms. The predicted molar refractivity (Wildman–Crippen MR) is 166 cm³/mol. The van der Waals surface area contributed by atoms with E-state index in [4.69, 9.17) is 23.7 Å². The number of rotatable bonds is 22. The Morgan fingerprint density at radius 2 is 0.927 bits per heavy atom. The van der Waals surface area contributed by atoms with Gasteiger partial charge in [0, 0.05) is 0 Å². The second kappa shape index (κ2) is 17.1. The monoisotopic (exact) mass is 566 g/mol. The van der Waals surface area contributed by atoms with Gasteiger partial charge in [-0.1, -0.05) is 103 Å². The fourth-order valence-corrected chi connectivity index (χ4v) is 5.15. The molecular weight excluding hydrogens is 512 g/mol. The van der Waals surface area contributed by atoms with Crippen LogP contribution in [-0.4, -0.2) is 38.0 Å². The lowest BCUT2D eigenvalue weighted by Crippen LogP contribution is -2.37. The molecule has 2 aliphatic heterocycles. The summed E-state index contributed by atoms with van der Waals surface area (Å²) in [5.41, 5.74) is 2.70. The van der Waals surface area contributed by atoms with Crippen molar-refractivity contribution in [2.24, 2.45) is 11.8 Å². The normalized spacial score (nSPS) is 19.4. The van der Waals surface area contributed by atoms with Gasteiger partial charge in [-0.15, -0.1) is 0 Å². The van der Waals surface area contributed by atoms with Gasteiger partial charge in [0.15, 0.2) is 0 Å². The highest BCUT2D eigenvalue weighted by Crippen LogP contribution is 2.29. The van der Waals surface area contributed by atoms with Crippen LogP contribution in [0.15, 0.2) is 48.5 Å². The number of aryl methyl sites for hydroxylation is 2. The molecule has 0 saturated carbocycles. The molecule has 4 rings (SSSR count). The quantitative estimate of drug-likeness (QED) is 0.0809. The molecule has 0 bridgehead atoms. The van der Waals surface area contributed by atoms with E-state index in [1.807, 2.05) is 24.3 Å². The second-order valence-electron chi connectivity index (χ2n) is 12.8. The molecule has 0 amide bonds. The van der Waals surface area contributed by atoms with Crippen LogP contribution in [0.5, 0.6) is 11.5 Å². The summed E-state index contributed by atoms with van der Waals surface area (Å²) in [6.07, 6.45) is 14.1. The third-order valence-electron chi connectivity index (χ3n) is 7.94. The predicted octanol–water partition coefficient (Wildman–Crippen LogP) is 8.91. The zero-order chi connectivity index (χ0) is 28.9. The number of benzene rings is 2. The maximum absolute atomic E-state index is 6.31. The Labute approximate surface area is 249 Å². The van der Waals surface area contributed by atoms with Crippen LogP contribution in [0.4, 0.5) is 0 Å². The smallest absolute Gasteiger partial charge is 0.232 e. The summed E-state index contributed by atoms with van der Waals surface area (Å²) in [4.78, 5) is 0. The maximum Gasteiger partial charge on any atom is 0.232 e. The minimum Gasteiger partial charge on any atom is -0.462 e. The van der Waals surface area contributed by atoms with Gasteiger partial charge >= 0.3 is 0 Å². The highest BCUT2D eigenvalue weighted by atomic mass is 16.8. The fourth-order valence-electron chi connectivity index (χ4n) is 5.15. The molecule has 2 aromatic rings. The lowest BCUT2D eigenvalue weighted by Gasteiger charge is -2.24. The summed E-state index contributed by atoms with van der Waals surface area (Å²) >= 11 is 0. The molecule has 0 aromatic heterocycles. The first-order valence-electron chi connectivity index (χ1n) is 16.4. The molecule has 228 valence electrons. The fraction of sp³-hybridized carbons (Fsp3) is 0.667. The summed E-state index contributed by atoms with van der Waals surface area (Å²) in [6, 6.07) is 16.8. The Kier molecular flexibility index (Phi) is 13.3. The zero-order valence-electron chi connectivity index (χ0n) is 26.0. The first-order valence-corrected chi connectivity index (χ1v) is 16.4. The Balaban J connectivity index is 1.20. The van der Waals surface area contributed by atoms with Gasteiger partial charge in [0.1, 0.15) is 23.7 Å². The molecule has 2 aliphatic rings. The van der Waals surface area contributed by atoms with Gasteiger partial charge in [-0.2, -0.15) is 0 Å². The Bertz CT molecular complexity index is 883. The zero-order valence-corrected chi connectivity index (χ0v) is 26.0. The average molecular weight is 567 g/mol. The van der Waals surface area contributed by atoms with E-state index in [1.165, 1.54) is 75.3 Å². The van der Waals surface area contributed by atoms with Crippen molar-refractivity contribution in [3.63, 3.8) is 0 Å². The van der Waals surface area contributed by atoms with Gasteiger partial charge in [-0.05, 0) is 72.9 Å². The molecular formula is C36H54O5. The topological polar surface area (TPSA) is 52.8 Å². The van der Waals surface area contributed by atoms with E-state index in [1.54, 1.807) is 0 Å². The molecule has 0 radical (unpaired) electrons. The molecule has 41 heavy (non-hydrogen) atoms. The molecule has 0 N–H and O–H groups in total. The molecule has 2 saturated heterocycles. The van der Waals surface area contributed by atoms with Gasteiger partial charge < -0.3 is 18.9 Å². The van der Waals surface area contributed by atoms with Crippen LogP contribution in [-0.2, 0) is 27.1 Å². The lowest BCUT2D eigenvalue weighted by molar-refractivity contribution is -0.198. The summed E-state index contributed by atoms with van der Waals surface area (Å²) in [5, 5.41) is 0. The van der Waals surface area contributed by atoms with Crippen molar-refractivity contribution in [1.82, 2.24) is 0 Å². The lowest BCUT2D eigenvalue weighted by atomic mass is 10.0. The van der Waals surface area contributed by atoms with Crippen LogP contribution < -0.4 is 9.47 Å². The van der Waals surface area contributed by atoms with E-state index < -0.39 is 12.6 Å². The summed E-state index contributed by atoms with van der Waals surface area (Å²) < 4.78 is 29.9. The number of hydrogen-bond donors (Lipinski definition) is 0. The summed E-state index contributed by atoms with van der Waals surface area (Å²) in [5.74, 6) is 3.20. The van der Waals surface area contributed by atoms with Crippen LogP contribution in [0.2, 0.25) is 0 Å².